The number of anilines is 1. The molecule has 2 unspecified atom stereocenters. The van der Waals surface area contributed by atoms with Gasteiger partial charge in [0.1, 0.15) is 0 Å². The second-order valence-electron chi connectivity index (χ2n) is 3.98. The summed E-state index contributed by atoms with van der Waals surface area (Å²) in [7, 11) is 0. The minimum absolute atomic E-state index is 0.623. The number of nitrogens with one attached hydrogen (secondary N) is 1. The predicted molar refractivity (Wildman–Crippen MR) is 72.7 cm³/mol. The molecule has 1 saturated heterocycles. The van der Waals surface area contributed by atoms with Crippen molar-refractivity contribution in [1.29, 1.82) is 0 Å². The van der Waals surface area contributed by atoms with Crippen molar-refractivity contribution in [3.8, 4) is 0 Å². The molecule has 1 heterocycles. The minimum atomic E-state index is 0.623. The van der Waals surface area contributed by atoms with Crippen molar-refractivity contribution in [2.24, 2.45) is 0 Å². The number of hydrogen-bond donors (Lipinski definition) is 1. The van der Waals surface area contributed by atoms with Crippen molar-refractivity contribution in [3.63, 3.8) is 0 Å². The molecule has 1 N–H and O–H groups in total. The molecule has 0 amide bonds. The maximum Gasteiger partial charge on any atom is 0.0377 e. The minimum Gasteiger partial charge on any atom is -0.381 e. The van der Waals surface area contributed by atoms with Crippen LogP contribution >= 0.6 is 27.7 Å². The molecule has 15 heavy (non-hydrogen) atoms. The highest BCUT2D eigenvalue weighted by Gasteiger charge is 2.21. The molecule has 1 aliphatic rings. The van der Waals surface area contributed by atoms with Crippen LogP contribution in [0.25, 0.3) is 0 Å². The van der Waals surface area contributed by atoms with E-state index in [0.29, 0.717) is 6.04 Å². The van der Waals surface area contributed by atoms with Crippen LogP contribution in [0.2, 0.25) is 0 Å². The van der Waals surface area contributed by atoms with Crippen molar-refractivity contribution in [2.75, 3.05) is 11.1 Å². The fourth-order valence-electron chi connectivity index (χ4n) is 1.91. The van der Waals surface area contributed by atoms with Crippen LogP contribution < -0.4 is 5.32 Å². The van der Waals surface area contributed by atoms with E-state index in [2.05, 4.69) is 64.2 Å². The van der Waals surface area contributed by atoms with E-state index < -0.39 is 0 Å². The summed E-state index contributed by atoms with van der Waals surface area (Å²) < 4.78 is 1.14. The molecule has 0 spiro atoms. The van der Waals surface area contributed by atoms with Crippen molar-refractivity contribution in [1.82, 2.24) is 0 Å². The number of benzene rings is 1. The summed E-state index contributed by atoms with van der Waals surface area (Å²) in [6.07, 6.45) is 2.63. The molecule has 2 rings (SSSR count). The molecular formula is C12H16BrNS. The van der Waals surface area contributed by atoms with Gasteiger partial charge in [-0.3, -0.25) is 0 Å². The number of thioether (sulfide) groups is 1. The van der Waals surface area contributed by atoms with Crippen LogP contribution in [0.3, 0.4) is 0 Å². The fraction of sp³-hybridized carbons (Fsp3) is 0.500. The Hall–Kier alpha value is -0.150. The van der Waals surface area contributed by atoms with E-state index in [4.69, 9.17) is 0 Å². The van der Waals surface area contributed by atoms with E-state index in [9.17, 15) is 0 Å². The second kappa shape index (κ2) is 5.26. The molecule has 2 atom stereocenters. The third kappa shape index (κ3) is 3.15. The first kappa shape index (κ1) is 11.3. The third-order valence-electron chi connectivity index (χ3n) is 2.78. The highest BCUT2D eigenvalue weighted by atomic mass is 79.9. The Morgan fingerprint density at radius 2 is 2.33 bits per heavy atom. The Bertz CT molecular complexity index is 329. The lowest BCUT2D eigenvalue weighted by Gasteiger charge is -2.30. The van der Waals surface area contributed by atoms with E-state index in [0.717, 1.165) is 9.72 Å². The van der Waals surface area contributed by atoms with Crippen molar-refractivity contribution < 1.29 is 0 Å². The molecule has 0 aliphatic carbocycles. The fourth-order valence-corrected chi connectivity index (χ4v) is 3.45. The monoisotopic (exact) mass is 285 g/mol. The summed E-state index contributed by atoms with van der Waals surface area (Å²) in [6.45, 7) is 2.32. The zero-order valence-corrected chi connectivity index (χ0v) is 11.3. The van der Waals surface area contributed by atoms with Crippen LogP contribution in [-0.4, -0.2) is 17.0 Å². The second-order valence-corrected chi connectivity index (χ2v) is 6.38. The average molecular weight is 286 g/mol. The van der Waals surface area contributed by atoms with Gasteiger partial charge in [0.25, 0.3) is 0 Å². The normalized spacial score (nSPS) is 26.3. The van der Waals surface area contributed by atoms with E-state index in [1.54, 1.807) is 0 Å². The molecule has 1 aromatic carbocycles. The highest BCUT2D eigenvalue weighted by Crippen LogP contribution is 2.28. The molecular weight excluding hydrogens is 270 g/mol. The Morgan fingerprint density at radius 3 is 3.07 bits per heavy atom. The van der Waals surface area contributed by atoms with Crippen molar-refractivity contribution in [2.45, 2.75) is 31.1 Å². The Kier molecular flexibility index (Phi) is 3.98. The van der Waals surface area contributed by atoms with Gasteiger partial charge in [0, 0.05) is 21.5 Å². The maximum absolute atomic E-state index is 3.62. The lowest BCUT2D eigenvalue weighted by molar-refractivity contribution is 0.617. The quantitative estimate of drug-likeness (QED) is 0.876. The van der Waals surface area contributed by atoms with Gasteiger partial charge in [-0.25, -0.2) is 0 Å². The lowest BCUT2D eigenvalue weighted by Crippen LogP contribution is -2.32. The van der Waals surface area contributed by atoms with Gasteiger partial charge in [-0.15, -0.1) is 0 Å². The molecule has 0 radical (unpaired) electrons. The van der Waals surface area contributed by atoms with Crippen LogP contribution in [0.15, 0.2) is 28.7 Å². The molecule has 1 fully saturated rings. The van der Waals surface area contributed by atoms with Crippen LogP contribution in [0.1, 0.15) is 19.8 Å². The van der Waals surface area contributed by atoms with E-state index >= 15 is 0 Å². The molecule has 0 saturated carbocycles. The van der Waals surface area contributed by atoms with Gasteiger partial charge in [-0.1, -0.05) is 28.9 Å². The van der Waals surface area contributed by atoms with Gasteiger partial charge < -0.3 is 5.32 Å². The summed E-state index contributed by atoms with van der Waals surface area (Å²) in [5, 5.41) is 4.34. The first-order valence-corrected chi connectivity index (χ1v) is 7.23. The van der Waals surface area contributed by atoms with Crippen LogP contribution in [-0.2, 0) is 0 Å². The van der Waals surface area contributed by atoms with Crippen molar-refractivity contribution >= 4 is 33.4 Å². The van der Waals surface area contributed by atoms with E-state index in [1.165, 1.54) is 24.3 Å². The first-order chi connectivity index (χ1) is 7.25. The van der Waals surface area contributed by atoms with Crippen LogP contribution in [0.4, 0.5) is 5.69 Å². The average Bonchev–Trinajstić information content (AvgIpc) is 2.22. The van der Waals surface area contributed by atoms with Gasteiger partial charge in [0.2, 0.25) is 0 Å². The van der Waals surface area contributed by atoms with Crippen molar-refractivity contribution in [3.05, 3.63) is 28.7 Å². The van der Waals surface area contributed by atoms with Gasteiger partial charge >= 0.3 is 0 Å². The number of halogens is 1. The SMILES string of the molecule is CC1SCCCC1Nc1cccc(Br)c1. The molecule has 0 aromatic heterocycles. The van der Waals surface area contributed by atoms with Gasteiger partial charge in [0.05, 0.1) is 0 Å². The Balaban J connectivity index is 2.01. The zero-order valence-electron chi connectivity index (χ0n) is 8.87. The third-order valence-corrected chi connectivity index (χ3v) is 4.66. The molecule has 3 heteroatoms. The predicted octanol–water partition coefficient (Wildman–Crippen LogP) is 4.15. The van der Waals surface area contributed by atoms with Crippen LogP contribution in [0.5, 0.6) is 0 Å². The summed E-state index contributed by atoms with van der Waals surface area (Å²) in [5.74, 6) is 1.32. The van der Waals surface area contributed by atoms with E-state index in [-0.39, 0.29) is 0 Å². The Labute approximate surface area is 104 Å². The first-order valence-electron chi connectivity index (χ1n) is 5.39. The summed E-state index contributed by atoms with van der Waals surface area (Å²) in [4.78, 5) is 0. The van der Waals surface area contributed by atoms with Crippen LogP contribution in [0, 0.1) is 0 Å². The maximum atomic E-state index is 3.62. The summed E-state index contributed by atoms with van der Waals surface area (Å²) >= 11 is 5.57. The number of rotatable bonds is 2. The van der Waals surface area contributed by atoms with Gasteiger partial charge in [-0.2, -0.15) is 11.8 Å². The molecule has 82 valence electrons. The van der Waals surface area contributed by atoms with E-state index in [1.807, 2.05) is 0 Å². The highest BCUT2D eigenvalue weighted by molar-refractivity contribution is 9.10. The smallest absolute Gasteiger partial charge is 0.0377 e. The lowest BCUT2D eigenvalue weighted by atomic mass is 10.1. The van der Waals surface area contributed by atoms with Gasteiger partial charge in [0.15, 0.2) is 0 Å². The molecule has 1 nitrogen and oxygen atoms in total. The standard InChI is InChI=1S/C12H16BrNS/c1-9-12(6-3-7-15-9)14-11-5-2-4-10(13)8-11/h2,4-5,8-9,12,14H,3,6-7H2,1H3. The molecule has 0 bridgehead atoms. The summed E-state index contributed by atoms with van der Waals surface area (Å²) in [6, 6.07) is 9.04. The molecule has 1 aromatic rings. The topological polar surface area (TPSA) is 12.0 Å². The molecule has 1 aliphatic heterocycles. The largest absolute Gasteiger partial charge is 0.381 e. The Morgan fingerprint density at radius 1 is 1.47 bits per heavy atom. The number of hydrogen-bond acceptors (Lipinski definition) is 2. The summed E-state index contributed by atoms with van der Waals surface area (Å²) in [5.41, 5.74) is 1.23. The zero-order chi connectivity index (χ0) is 10.7. The van der Waals surface area contributed by atoms with Gasteiger partial charge in [-0.05, 0) is 36.8 Å².